The van der Waals surface area contributed by atoms with E-state index < -0.39 is 0 Å². The Kier molecular flexibility index (Phi) is 6.59. The molecule has 0 spiro atoms. The fourth-order valence-corrected chi connectivity index (χ4v) is 4.68. The highest BCUT2D eigenvalue weighted by Gasteiger charge is 2.25. The number of benzene rings is 2. The van der Waals surface area contributed by atoms with Gasteiger partial charge in [0.25, 0.3) is 11.8 Å². The predicted molar refractivity (Wildman–Crippen MR) is 122 cm³/mol. The Morgan fingerprint density at radius 2 is 1.45 bits per heavy atom. The largest absolute Gasteiger partial charge is 0.493 e. The summed E-state index contributed by atoms with van der Waals surface area (Å²) in [7, 11) is 0. The minimum absolute atomic E-state index is 0.108. The van der Waals surface area contributed by atoms with E-state index in [4.69, 9.17) is 4.74 Å². The van der Waals surface area contributed by atoms with Gasteiger partial charge in [-0.15, -0.1) is 0 Å². The number of piperidine rings is 1. The predicted octanol–water partition coefficient (Wildman–Crippen LogP) is 4.47. The van der Waals surface area contributed by atoms with Crippen molar-refractivity contribution < 1.29 is 14.3 Å². The minimum Gasteiger partial charge on any atom is -0.493 e. The molecule has 164 valence electrons. The van der Waals surface area contributed by atoms with Crippen molar-refractivity contribution in [3.63, 3.8) is 0 Å². The SMILES string of the molecule is Cc1cc(C)cc(C(=O)N2CCC[C@H](COc3ccc(C(=O)N4CCCC4)cc3)C2)c1. The fourth-order valence-electron chi connectivity index (χ4n) is 4.68. The van der Waals surface area contributed by atoms with E-state index in [0.29, 0.717) is 12.5 Å². The molecule has 2 aliphatic rings. The second-order valence-electron chi connectivity index (χ2n) is 8.97. The molecule has 0 N–H and O–H groups in total. The van der Waals surface area contributed by atoms with Crippen LogP contribution in [0.1, 0.15) is 57.5 Å². The van der Waals surface area contributed by atoms with Gasteiger partial charge in [0.2, 0.25) is 0 Å². The molecule has 2 saturated heterocycles. The summed E-state index contributed by atoms with van der Waals surface area (Å²) in [6, 6.07) is 13.5. The highest BCUT2D eigenvalue weighted by atomic mass is 16.5. The fraction of sp³-hybridized carbons (Fsp3) is 0.462. The molecule has 0 aliphatic carbocycles. The highest BCUT2D eigenvalue weighted by molar-refractivity contribution is 5.95. The zero-order chi connectivity index (χ0) is 21.8. The molecule has 4 rings (SSSR count). The third kappa shape index (κ3) is 5.27. The summed E-state index contributed by atoms with van der Waals surface area (Å²) < 4.78 is 6.01. The summed E-state index contributed by atoms with van der Waals surface area (Å²) in [6.07, 6.45) is 4.24. The summed E-state index contributed by atoms with van der Waals surface area (Å²) in [4.78, 5) is 29.3. The van der Waals surface area contributed by atoms with E-state index in [2.05, 4.69) is 6.07 Å². The molecule has 2 aromatic rings. The lowest BCUT2D eigenvalue weighted by atomic mass is 9.97. The molecular weight excluding hydrogens is 388 g/mol. The van der Waals surface area contributed by atoms with Gasteiger partial charge in [-0.2, -0.15) is 0 Å². The van der Waals surface area contributed by atoms with Crippen LogP contribution < -0.4 is 4.74 Å². The van der Waals surface area contributed by atoms with Gasteiger partial charge in [0, 0.05) is 43.2 Å². The molecular formula is C26H32N2O3. The van der Waals surface area contributed by atoms with Gasteiger partial charge in [0.1, 0.15) is 5.75 Å². The maximum Gasteiger partial charge on any atom is 0.253 e. The van der Waals surface area contributed by atoms with Gasteiger partial charge in [-0.05, 0) is 75.9 Å². The van der Waals surface area contributed by atoms with E-state index in [1.54, 1.807) is 0 Å². The average Bonchev–Trinajstić information content (AvgIpc) is 3.31. The van der Waals surface area contributed by atoms with Crippen LogP contribution >= 0.6 is 0 Å². The van der Waals surface area contributed by atoms with Crippen LogP contribution in [0.4, 0.5) is 0 Å². The number of nitrogens with zero attached hydrogens (tertiary/aromatic N) is 2. The number of hydrogen-bond donors (Lipinski definition) is 0. The van der Waals surface area contributed by atoms with Crippen molar-refractivity contribution in [3.8, 4) is 5.75 Å². The Morgan fingerprint density at radius 1 is 0.839 bits per heavy atom. The van der Waals surface area contributed by atoms with Crippen molar-refractivity contribution >= 4 is 11.8 Å². The van der Waals surface area contributed by atoms with Gasteiger partial charge in [0.05, 0.1) is 6.61 Å². The Bertz CT molecular complexity index is 912. The topological polar surface area (TPSA) is 49.9 Å². The molecule has 2 aromatic carbocycles. The Morgan fingerprint density at radius 3 is 2.13 bits per heavy atom. The molecule has 0 radical (unpaired) electrons. The number of carbonyl (C=O) groups excluding carboxylic acids is 2. The van der Waals surface area contributed by atoms with Gasteiger partial charge in [-0.25, -0.2) is 0 Å². The maximum atomic E-state index is 13.0. The van der Waals surface area contributed by atoms with Crippen LogP contribution in [0.15, 0.2) is 42.5 Å². The zero-order valence-corrected chi connectivity index (χ0v) is 18.6. The summed E-state index contributed by atoms with van der Waals surface area (Å²) >= 11 is 0. The maximum absolute atomic E-state index is 13.0. The van der Waals surface area contributed by atoms with Gasteiger partial charge in [-0.1, -0.05) is 17.2 Å². The molecule has 2 aliphatic heterocycles. The van der Waals surface area contributed by atoms with Crippen molar-refractivity contribution in [2.75, 3.05) is 32.8 Å². The van der Waals surface area contributed by atoms with E-state index in [1.807, 2.05) is 60.0 Å². The standard InChI is InChI=1S/C26H32N2O3/c1-19-14-20(2)16-23(15-19)26(30)28-13-5-6-21(17-28)18-31-24-9-7-22(8-10-24)25(29)27-11-3-4-12-27/h7-10,14-16,21H,3-6,11-13,17-18H2,1-2H3/t21-/m0/s1. The average molecular weight is 421 g/mol. The van der Waals surface area contributed by atoms with Crippen molar-refractivity contribution in [2.45, 2.75) is 39.5 Å². The molecule has 0 saturated carbocycles. The molecule has 1 atom stereocenters. The van der Waals surface area contributed by atoms with Crippen molar-refractivity contribution in [2.24, 2.45) is 5.92 Å². The van der Waals surface area contributed by atoms with Gasteiger partial charge in [-0.3, -0.25) is 9.59 Å². The Labute approximate surface area is 185 Å². The van der Waals surface area contributed by atoms with Crippen LogP contribution in [-0.4, -0.2) is 54.4 Å². The third-order valence-electron chi connectivity index (χ3n) is 6.26. The summed E-state index contributed by atoms with van der Waals surface area (Å²) in [6.45, 7) is 7.87. The van der Waals surface area contributed by atoms with Gasteiger partial charge >= 0.3 is 0 Å². The minimum atomic E-state index is 0.108. The van der Waals surface area contributed by atoms with E-state index in [9.17, 15) is 9.59 Å². The molecule has 31 heavy (non-hydrogen) atoms. The lowest BCUT2D eigenvalue weighted by Crippen LogP contribution is -2.41. The first-order valence-corrected chi connectivity index (χ1v) is 11.4. The van der Waals surface area contributed by atoms with Crippen molar-refractivity contribution in [1.29, 1.82) is 0 Å². The van der Waals surface area contributed by atoms with Gasteiger partial charge < -0.3 is 14.5 Å². The molecule has 2 fully saturated rings. The second kappa shape index (κ2) is 9.54. The summed E-state index contributed by atoms with van der Waals surface area (Å²) in [5, 5.41) is 0. The quantitative estimate of drug-likeness (QED) is 0.717. The normalized spacial score (nSPS) is 18.8. The van der Waals surface area contributed by atoms with Crippen LogP contribution in [0.3, 0.4) is 0 Å². The molecule has 0 bridgehead atoms. The number of ether oxygens (including phenoxy) is 1. The van der Waals surface area contributed by atoms with E-state index in [1.165, 1.54) is 0 Å². The lowest BCUT2D eigenvalue weighted by molar-refractivity contribution is 0.0633. The smallest absolute Gasteiger partial charge is 0.253 e. The van der Waals surface area contributed by atoms with E-state index in [-0.39, 0.29) is 11.8 Å². The first kappa shape index (κ1) is 21.4. The lowest BCUT2D eigenvalue weighted by Gasteiger charge is -2.33. The Balaban J connectivity index is 1.31. The first-order valence-electron chi connectivity index (χ1n) is 11.4. The molecule has 5 heteroatoms. The van der Waals surface area contributed by atoms with E-state index >= 15 is 0 Å². The number of amides is 2. The summed E-state index contributed by atoms with van der Waals surface area (Å²) in [5.74, 6) is 1.31. The number of likely N-dealkylation sites (tertiary alicyclic amines) is 2. The number of rotatable bonds is 5. The van der Waals surface area contributed by atoms with E-state index in [0.717, 1.165) is 79.9 Å². The van der Waals surface area contributed by atoms with Crippen LogP contribution in [0, 0.1) is 19.8 Å². The monoisotopic (exact) mass is 420 g/mol. The summed E-state index contributed by atoms with van der Waals surface area (Å²) in [5.41, 5.74) is 3.73. The number of aryl methyl sites for hydroxylation is 2. The van der Waals surface area contributed by atoms with Crippen LogP contribution in [0.5, 0.6) is 5.75 Å². The number of hydrogen-bond acceptors (Lipinski definition) is 3. The van der Waals surface area contributed by atoms with Crippen LogP contribution in [0.25, 0.3) is 0 Å². The molecule has 2 heterocycles. The zero-order valence-electron chi connectivity index (χ0n) is 18.6. The van der Waals surface area contributed by atoms with Crippen molar-refractivity contribution in [1.82, 2.24) is 9.80 Å². The molecule has 0 unspecified atom stereocenters. The molecule has 5 nitrogen and oxygen atoms in total. The second-order valence-corrected chi connectivity index (χ2v) is 8.97. The van der Waals surface area contributed by atoms with Gasteiger partial charge in [0.15, 0.2) is 0 Å². The first-order chi connectivity index (χ1) is 15.0. The highest BCUT2D eigenvalue weighted by Crippen LogP contribution is 2.22. The number of carbonyl (C=O) groups is 2. The Hall–Kier alpha value is -2.82. The molecule has 2 amide bonds. The van der Waals surface area contributed by atoms with Crippen molar-refractivity contribution in [3.05, 3.63) is 64.7 Å². The van der Waals surface area contributed by atoms with Crippen LogP contribution in [0.2, 0.25) is 0 Å². The third-order valence-corrected chi connectivity index (χ3v) is 6.26. The van der Waals surface area contributed by atoms with Crippen LogP contribution in [-0.2, 0) is 0 Å². The molecule has 0 aromatic heterocycles.